The molecule has 0 saturated heterocycles. The Labute approximate surface area is 111 Å². The number of hydrogen-bond acceptors (Lipinski definition) is 5. The normalized spacial score (nSPS) is 11.4. The summed E-state index contributed by atoms with van der Waals surface area (Å²) in [7, 11) is -3.43. The van der Waals surface area contributed by atoms with Gasteiger partial charge in [-0.1, -0.05) is 12.1 Å². The van der Waals surface area contributed by atoms with E-state index in [4.69, 9.17) is 5.14 Å². The van der Waals surface area contributed by atoms with Crippen molar-refractivity contribution >= 4 is 15.7 Å². The first-order valence-corrected chi connectivity index (χ1v) is 7.40. The largest absolute Gasteiger partial charge is 0.384 e. The zero-order valence-corrected chi connectivity index (χ0v) is 11.0. The third-order valence-corrected chi connectivity index (χ3v) is 3.23. The number of nitrogens with two attached hydrogens (primary N) is 1. The average Bonchev–Trinajstić information content (AvgIpc) is 2.80. The molecule has 0 bridgehead atoms. The van der Waals surface area contributed by atoms with Crippen LogP contribution in [0.3, 0.4) is 0 Å². The molecular weight excluding hydrogens is 266 g/mol. The van der Waals surface area contributed by atoms with E-state index in [-0.39, 0.29) is 12.3 Å². The Hall–Kier alpha value is -1.93. The molecule has 0 fully saturated rings. The molecule has 0 saturated carbocycles. The number of hydrogen-bond donors (Lipinski definition) is 2. The van der Waals surface area contributed by atoms with Crippen LogP contribution in [-0.4, -0.2) is 35.5 Å². The van der Waals surface area contributed by atoms with Gasteiger partial charge in [0.2, 0.25) is 10.0 Å². The number of nitrogens with zero attached hydrogens (tertiary/aromatic N) is 3. The molecule has 7 nitrogen and oxygen atoms in total. The monoisotopic (exact) mass is 281 g/mol. The Morgan fingerprint density at radius 2 is 2.21 bits per heavy atom. The van der Waals surface area contributed by atoms with Crippen molar-refractivity contribution in [3.63, 3.8) is 0 Å². The molecule has 0 aliphatic carbocycles. The lowest BCUT2D eigenvalue weighted by Gasteiger charge is -2.07. The smallest absolute Gasteiger partial charge is 0.210 e. The van der Waals surface area contributed by atoms with E-state index in [0.717, 1.165) is 11.3 Å². The van der Waals surface area contributed by atoms with E-state index in [1.54, 1.807) is 11.0 Å². The first kappa shape index (κ1) is 13.5. The second-order valence-electron chi connectivity index (χ2n) is 4.09. The minimum Gasteiger partial charge on any atom is -0.384 e. The van der Waals surface area contributed by atoms with Gasteiger partial charge in [0.05, 0.1) is 12.3 Å². The van der Waals surface area contributed by atoms with Crippen LogP contribution in [0.5, 0.6) is 0 Å². The summed E-state index contributed by atoms with van der Waals surface area (Å²) < 4.78 is 23.4. The van der Waals surface area contributed by atoms with Crippen molar-refractivity contribution in [3.8, 4) is 0 Å². The van der Waals surface area contributed by atoms with Crippen molar-refractivity contribution in [1.29, 1.82) is 0 Å². The van der Waals surface area contributed by atoms with Gasteiger partial charge in [0.25, 0.3) is 0 Å². The lowest BCUT2D eigenvalue weighted by molar-refractivity contribution is 0.598. The molecule has 0 radical (unpaired) electrons. The Morgan fingerprint density at radius 3 is 2.89 bits per heavy atom. The van der Waals surface area contributed by atoms with E-state index in [2.05, 4.69) is 15.4 Å². The Balaban J connectivity index is 1.95. The van der Waals surface area contributed by atoms with Gasteiger partial charge >= 0.3 is 0 Å². The van der Waals surface area contributed by atoms with E-state index >= 15 is 0 Å². The maximum atomic E-state index is 10.8. The van der Waals surface area contributed by atoms with Crippen molar-refractivity contribution in [1.82, 2.24) is 14.8 Å². The van der Waals surface area contributed by atoms with Crippen LogP contribution in [-0.2, 0) is 16.6 Å². The van der Waals surface area contributed by atoms with E-state index in [1.165, 1.54) is 6.33 Å². The molecule has 2 aromatic rings. The summed E-state index contributed by atoms with van der Waals surface area (Å²) in [6.45, 7) is 0.899. The van der Waals surface area contributed by atoms with Crippen molar-refractivity contribution in [2.75, 3.05) is 17.6 Å². The summed E-state index contributed by atoms with van der Waals surface area (Å²) in [5.74, 6) is -0.0969. The Bertz CT molecular complexity index is 624. The van der Waals surface area contributed by atoms with Crippen molar-refractivity contribution in [2.24, 2.45) is 5.14 Å². The molecule has 1 aromatic heterocycles. The van der Waals surface area contributed by atoms with Gasteiger partial charge < -0.3 is 5.32 Å². The maximum Gasteiger partial charge on any atom is 0.210 e. The number of benzene rings is 1. The van der Waals surface area contributed by atoms with Crippen molar-refractivity contribution < 1.29 is 8.42 Å². The molecule has 0 unspecified atom stereocenters. The molecule has 1 aromatic carbocycles. The molecule has 0 atom stereocenters. The van der Waals surface area contributed by atoms with Gasteiger partial charge in [0.15, 0.2) is 0 Å². The van der Waals surface area contributed by atoms with Crippen LogP contribution in [0.2, 0.25) is 0 Å². The summed E-state index contributed by atoms with van der Waals surface area (Å²) >= 11 is 0. The first-order chi connectivity index (χ1) is 9.03. The molecular formula is C11H15N5O2S. The number of aromatic nitrogens is 3. The fourth-order valence-electron chi connectivity index (χ4n) is 1.62. The fraction of sp³-hybridized carbons (Fsp3) is 0.273. The highest BCUT2D eigenvalue weighted by Gasteiger charge is 2.02. The predicted octanol–water partition coefficient (Wildman–Crippen LogP) is 0.0268. The minimum atomic E-state index is -3.43. The molecule has 3 N–H and O–H groups in total. The Morgan fingerprint density at radius 1 is 1.37 bits per heavy atom. The zero-order chi connectivity index (χ0) is 13.7. The van der Waals surface area contributed by atoms with Crippen LogP contribution in [0.25, 0.3) is 0 Å². The topological polar surface area (TPSA) is 103 Å². The van der Waals surface area contributed by atoms with Crippen molar-refractivity contribution in [3.05, 3.63) is 42.5 Å². The van der Waals surface area contributed by atoms with Gasteiger partial charge in [0, 0.05) is 12.2 Å². The van der Waals surface area contributed by atoms with E-state index in [9.17, 15) is 8.42 Å². The van der Waals surface area contributed by atoms with Crippen molar-refractivity contribution in [2.45, 2.75) is 6.54 Å². The van der Waals surface area contributed by atoms with Gasteiger partial charge in [-0.3, -0.25) is 0 Å². The van der Waals surface area contributed by atoms with Crippen LogP contribution in [0.15, 0.2) is 36.9 Å². The molecule has 0 aliphatic rings. The number of primary sulfonamides is 1. The lowest BCUT2D eigenvalue weighted by Crippen LogP contribution is -2.22. The number of anilines is 1. The van der Waals surface area contributed by atoms with Gasteiger partial charge in [-0.05, 0) is 17.7 Å². The zero-order valence-electron chi connectivity index (χ0n) is 10.2. The quantitative estimate of drug-likeness (QED) is 0.777. The second kappa shape index (κ2) is 5.81. The van der Waals surface area contributed by atoms with E-state index in [0.29, 0.717) is 6.54 Å². The van der Waals surface area contributed by atoms with Crippen LogP contribution in [0.1, 0.15) is 5.56 Å². The molecule has 2 rings (SSSR count). The first-order valence-electron chi connectivity index (χ1n) is 5.69. The number of nitrogens with one attached hydrogen (secondary N) is 1. The highest BCUT2D eigenvalue weighted by molar-refractivity contribution is 7.89. The van der Waals surface area contributed by atoms with E-state index in [1.807, 2.05) is 24.3 Å². The standard InChI is InChI=1S/C11H15N5O2S/c12-19(17,18)5-4-14-11-3-1-2-10(6-11)7-16-9-13-8-15-16/h1-3,6,8-9,14H,4-5,7H2,(H2,12,17,18). The highest BCUT2D eigenvalue weighted by atomic mass is 32.2. The summed E-state index contributed by atoms with van der Waals surface area (Å²) in [5, 5.41) is 12.0. The van der Waals surface area contributed by atoms with Gasteiger partial charge in [-0.25, -0.2) is 23.2 Å². The van der Waals surface area contributed by atoms with E-state index < -0.39 is 10.0 Å². The van der Waals surface area contributed by atoms with Crippen LogP contribution in [0, 0.1) is 0 Å². The minimum absolute atomic E-state index is 0.0969. The summed E-state index contributed by atoms with van der Waals surface area (Å²) in [4.78, 5) is 3.87. The van der Waals surface area contributed by atoms with Crippen LogP contribution in [0.4, 0.5) is 5.69 Å². The molecule has 8 heteroatoms. The van der Waals surface area contributed by atoms with Gasteiger partial charge in [0.1, 0.15) is 12.7 Å². The average molecular weight is 281 g/mol. The molecule has 19 heavy (non-hydrogen) atoms. The lowest BCUT2D eigenvalue weighted by atomic mass is 10.2. The molecule has 0 amide bonds. The summed E-state index contributed by atoms with van der Waals surface area (Å²) in [6.07, 6.45) is 3.12. The third kappa shape index (κ3) is 4.68. The number of sulfonamides is 1. The SMILES string of the molecule is NS(=O)(=O)CCNc1cccc(Cn2cncn2)c1. The number of rotatable bonds is 6. The molecule has 0 spiro atoms. The second-order valence-corrected chi connectivity index (χ2v) is 5.82. The maximum absolute atomic E-state index is 10.8. The van der Waals surface area contributed by atoms with Gasteiger partial charge in [-0.15, -0.1) is 0 Å². The molecule has 0 aliphatic heterocycles. The molecule has 1 heterocycles. The van der Waals surface area contributed by atoms with Gasteiger partial charge in [-0.2, -0.15) is 5.10 Å². The summed E-state index contributed by atoms with van der Waals surface area (Å²) in [5.41, 5.74) is 1.90. The highest BCUT2D eigenvalue weighted by Crippen LogP contribution is 2.11. The fourth-order valence-corrected chi connectivity index (χ4v) is 2.01. The predicted molar refractivity (Wildman–Crippen MR) is 72.0 cm³/mol. The Kier molecular flexibility index (Phi) is 4.13. The van der Waals surface area contributed by atoms with Crippen LogP contribution < -0.4 is 10.5 Å². The third-order valence-electron chi connectivity index (χ3n) is 2.45. The summed E-state index contributed by atoms with van der Waals surface area (Å²) in [6, 6.07) is 7.66. The van der Waals surface area contributed by atoms with Crippen LogP contribution >= 0.6 is 0 Å². The molecule has 102 valence electrons.